The van der Waals surface area contributed by atoms with Gasteiger partial charge in [-0.2, -0.15) is 0 Å². The lowest BCUT2D eigenvalue weighted by Gasteiger charge is -2.34. The van der Waals surface area contributed by atoms with Crippen LogP contribution in [0.25, 0.3) is 0 Å². The smallest absolute Gasteiger partial charge is 0.0236 e. The summed E-state index contributed by atoms with van der Waals surface area (Å²) in [5.41, 5.74) is 5.05. The lowest BCUT2D eigenvalue weighted by atomic mass is 9.78. The first-order chi connectivity index (χ1) is 9.19. The Balaban J connectivity index is 1.67. The standard InChI is InChI=1S/C17H26N2/c1-14-4-3-5-16(15(14)2)12-19-11-8-17(13-19)6-9-18-10-7-17/h3-5,18H,6-13H2,1-2H3. The average molecular weight is 258 g/mol. The number of hydrogen-bond acceptors (Lipinski definition) is 2. The van der Waals surface area contributed by atoms with E-state index in [0.29, 0.717) is 5.41 Å². The van der Waals surface area contributed by atoms with Crippen molar-refractivity contribution >= 4 is 0 Å². The molecule has 2 fully saturated rings. The highest BCUT2D eigenvalue weighted by molar-refractivity contribution is 5.33. The Bertz CT molecular complexity index is 447. The van der Waals surface area contributed by atoms with Gasteiger partial charge in [-0.25, -0.2) is 0 Å². The number of piperidine rings is 1. The quantitative estimate of drug-likeness (QED) is 0.877. The molecule has 2 heterocycles. The predicted molar refractivity (Wildman–Crippen MR) is 80.3 cm³/mol. The summed E-state index contributed by atoms with van der Waals surface area (Å²) in [4.78, 5) is 2.67. The van der Waals surface area contributed by atoms with E-state index in [1.807, 2.05) is 0 Å². The van der Waals surface area contributed by atoms with Crippen LogP contribution in [0.1, 0.15) is 36.0 Å². The minimum absolute atomic E-state index is 0.628. The molecule has 0 aromatic heterocycles. The molecule has 2 aliphatic heterocycles. The topological polar surface area (TPSA) is 15.3 Å². The number of aryl methyl sites for hydroxylation is 1. The molecular formula is C17H26N2. The minimum Gasteiger partial charge on any atom is -0.317 e. The number of likely N-dealkylation sites (tertiary alicyclic amines) is 1. The average Bonchev–Trinajstić information content (AvgIpc) is 2.79. The second kappa shape index (κ2) is 5.26. The molecule has 0 unspecified atom stereocenters. The van der Waals surface area contributed by atoms with E-state index < -0.39 is 0 Å². The van der Waals surface area contributed by atoms with Crippen molar-refractivity contribution in [3.8, 4) is 0 Å². The van der Waals surface area contributed by atoms with Crippen LogP contribution < -0.4 is 5.32 Å². The number of hydrogen-bond donors (Lipinski definition) is 1. The van der Waals surface area contributed by atoms with Crippen LogP contribution in [0.2, 0.25) is 0 Å². The zero-order chi connectivity index (χ0) is 13.3. The lowest BCUT2D eigenvalue weighted by molar-refractivity contribution is 0.194. The van der Waals surface area contributed by atoms with Gasteiger partial charge in [0, 0.05) is 13.1 Å². The van der Waals surface area contributed by atoms with E-state index in [1.165, 1.54) is 62.1 Å². The Morgan fingerprint density at radius 2 is 1.95 bits per heavy atom. The number of benzene rings is 1. The molecule has 1 aromatic carbocycles. The van der Waals surface area contributed by atoms with Gasteiger partial charge in [0.2, 0.25) is 0 Å². The molecule has 2 saturated heterocycles. The molecule has 2 nitrogen and oxygen atoms in total. The van der Waals surface area contributed by atoms with Crippen molar-refractivity contribution in [1.29, 1.82) is 0 Å². The first-order valence-electron chi connectivity index (χ1n) is 7.67. The van der Waals surface area contributed by atoms with Crippen LogP contribution in [-0.2, 0) is 6.54 Å². The van der Waals surface area contributed by atoms with Gasteiger partial charge in [-0.3, -0.25) is 4.90 Å². The molecule has 0 bridgehead atoms. The van der Waals surface area contributed by atoms with E-state index >= 15 is 0 Å². The first kappa shape index (κ1) is 13.1. The molecule has 0 aliphatic carbocycles. The van der Waals surface area contributed by atoms with Gasteiger partial charge in [-0.05, 0) is 74.8 Å². The predicted octanol–water partition coefficient (Wildman–Crippen LogP) is 2.88. The zero-order valence-corrected chi connectivity index (χ0v) is 12.3. The molecule has 104 valence electrons. The van der Waals surface area contributed by atoms with E-state index in [0.717, 1.165) is 6.54 Å². The summed E-state index contributed by atoms with van der Waals surface area (Å²) >= 11 is 0. The van der Waals surface area contributed by atoms with Crippen molar-refractivity contribution in [2.24, 2.45) is 5.41 Å². The first-order valence-corrected chi connectivity index (χ1v) is 7.67. The number of nitrogens with zero attached hydrogens (tertiary/aromatic N) is 1. The van der Waals surface area contributed by atoms with E-state index in [4.69, 9.17) is 0 Å². The van der Waals surface area contributed by atoms with Crippen molar-refractivity contribution in [3.63, 3.8) is 0 Å². The normalized spacial score (nSPS) is 23.1. The van der Waals surface area contributed by atoms with Gasteiger partial charge in [-0.15, -0.1) is 0 Å². The second-order valence-electron chi connectivity index (χ2n) is 6.57. The van der Waals surface area contributed by atoms with Crippen molar-refractivity contribution < 1.29 is 0 Å². The fourth-order valence-corrected chi connectivity index (χ4v) is 3.75. The highest BCUT2D eigenvalue weighted by Gasteiger charge is 2.38. The molecule has 1 aromatic rings. The molecule has 19 heavy (non-hydrogen) atoms. The third kappa shape index (κ3) is 2.70. The Hall–Kier alpha value is -0.860. The SMILES string of the molecule is Cc1cccc(CN2CCC3(CCNCC3)C2)c1C. The van der Waals surface area contributed by atoms with E-state index in [1.54, 1.807) is 0 Å². The Morgan fingerprint density at radius 3 is 2.74 bits per heavy atom. The van der Waals surface area contributed by atoms with Gasteiger partial charge in [0.1, 0.15) is 0 Å². The van der Waals surface area contributed by atoms with Crippen LogP contribution in [-0.4, -0.2) is 31.1 Å². The molecular weight excluding hydrogens is 232 g/mol. The molecule has 2 aliphatic rings. The van der Waals surface area contributed by atoms with Crippen LogP contribution in [0.4, 0.5) is 0 Å². The third-order valence-corrected chi connectivity index (χ3v) is 5.29. The third-order valence-electron chi connectivity index (χ3n) is 5.29. The highest BCUT2D eigenvalue weighted by atomic mass is 15.2. The molecule has 1 N–H and O–H groups in total. The maximum atomic E-state index is 3.50. The Morgan fingerprint density at radius 1 is 1.16 bits per heavy atom. The Labute approximate surface area is 117 Å². The molecule has 0 radical (unpaired) electrons. The number of nitrogens with one attached hydrogen (secondary N) is 1. The maximum absolute atomic E-state index is 3.50. The Kier molecular flexibility index (Phi) is 3.64. The molecule has 2 heteroatoms. The van der Waals surface area contributed by atoms with Crippen LogP contribution in [0.5, 0.6) is 0 Å². The maximum Gasteiger partial charge on any atom is 0.0236 e. The molecule has 0 amide bonds. The van der Waals surface area contributed by atoms with Crippen molar-refractivity contribution in [2.75, 3.05) is 26.2 Å². The van der Waals surface area contributed by atoms with Gasteiger partial charge < -0.3 is 5.32 Å². The highest BCUT2D eigenvalue weighted by Crippen LogP contribution is 2.39. The molecule has 0 atom stereocenters. The van der Waals surface area contributed by atoms with Gasteiger partial charge in [0.05, 0.1) is 0 Å². The van der Waals surface area contributed by atoms with E-state index in [2.05, 4.69) is 42.3 Å². The van der Waals surface area contributed by atoms with Crippen molar-refractivity contribution in [2.45, 2.75) is 39.7 Å². The van der Waals surface area contributed by atoms with E-state index in [9.17, 15) is 0 Å². The van der Waals surface area contributed by atoms with Gasteiger partial charge >= 0.3 is 0 Å². The van der Waals surface area contributed by atoms with Crippen molar-refractivity contribution in [1.82, 2.24) is 10.2 Å². The van der Waals surface area contributed by atoms with Crippen LogP contribution in [0.3, 0.4) is 0 Å². The van der Waals surface area contributed by atoms with Gasteiger partial charge in [0.15, 0.2) is 0 Å². The monoisotopic (exact) mass is 258 g/mol. The lowest BCUT2D eigenvalue weighted by Crippen LogP contribution is -2.38. The van der Waals surface area contributed by atoms with Crippen LogP contribution >= 0.6 is 0 Å². The summed E-state index contributed by atoms with van der Waals surface area (Å²) in [6, 6.07) is 6.72. The number of rotatable bonds is 2. The van der Waals surface area contributed by atoms with Crippen molar-refractivity contribution in [3.05, 3.63) is 34.9 Å². The summed E-state index contributed by atoms with van der Waals surface area (Å²) in [5.74, 6) is 0. The van der Waals surface area contributed by atoms with Gasteiger partial charge in [0.25, 0.3) is 0 Å². The van der Waals surface area contributed by atoms with Crippen LogP contribution in [0.15, 0.2) is 18.2 Å². The molecule has 0 saturated carbocycles. The van der Waals surface area contributed by atoms with Gasteiger partial charge in [-0.1, -0.05) is 18.2 Å². The largest absolute Gasteiger partial charge is 0.317 e. The summed E-state index contributed by atoms with van der Waals surface area (Å²) in [5, 5.41) is 3.50. The zero-order valence-electron chi connectivity index (χ0n) is 12.3. The fraction of sp³-hybridized carbons (Fsp3) is 0.647. The fourth-order valence-electron chi connectivity index (χ4n) is 3.75. The van der Waals surface area contributed by atoms with E-state index in [-0.39, 0.29) is 0 Å². The summed E-state index contributed by atoms with van der Waals surface area (Å²) in [6.07, 6.45) is 4.14. The van der Waals surface area contributed by atoms with Crippen LogP contribution in [0, 0.1) is 19.3 Å². The summed E-state index contributed by atoms with van der Waals surface area (Å²) < 4.78 is 0. The summed E-state index contributed by atoms with van der Waals surface area (Å²) in [6.45, 7) is 10.7. The minimum atomic E-state index is 0.628. The second-order valence-corrected chi connectivity index (χ2v) is 6.57. The summed E-state index contributed by atoms with van der Waals surface area (Å²) in [7, 11) is 0. The molecule has 1 spiro atoms. The molecule has 3 rings (SSSR count).